The van der Waals surface area contributed by atoms with E-state index in [1.165, 1.54) is 17.9 Å². The van der Waals surface area contributed by atoms with Gasteiger partial charge in [0.1, 0.15) is 6.54 Å². The average molecular weight is 383 g/mol. The molecule has 120 valence electrons. The van der Waals surface area contributed by atoms with Crippen molar-refractivity contribution in [3.8, 4) is 0 Å². The first-order valence-electron chi connectivity index (χ1n) is 6.66. The third-order valence-corrected chi connectivity index (χ3v) is 3.70. The molecule has 2 rings (SSSR count). The number of nitrogens with one attached hydrogen (secondary N) is 1. The SMILES string of the molecule is CC(=O)N(CC(=O)Nc1ccc(F)c(F)c1)c1ccccc1Br. The molecule has 0 aromatic heterocycles. The van der Waals surface area contributed by atoms with Crippen LogP contribution in [0, 0.1) is 11.6 Å². The number of amides is 2. The summed E-state index contributed by atoms with van der Waals surface area (Å²) in [6.07, 6.45) is 0. The van der Waals surface area contributed by atoms with Crippen molar-refractivity contribution in [1.82, 2.24) is 0 Å². The minimum atomic E-state index is -1.06. The van der Waals surface area contributed by atoms with Gasteiger partial charge in [0.05, 0.1) is 5.69 Å². The van der Waals surface area contributed by atoms with Crippen molar-refractivity contribution < 1.29 is 18.4 Å². The molecule has 2 aromatic carbocycles. The van der Waals surface area contributed by atoms with Crippen molar-refractivity contribution in [2.75, 3.05) is 16.8 Å². The maximum Gasteiger partial charge on any atom is 0.244 e. The van der Waals surface area contributed by atoms with Crippen molar-refractivity contribution in [1.29, 1.82) is 0 Å². The zero-order valence-electron chi connectivity index (χ0n) is 12.1. The molecule has 0 radical (unpaired) electrons. The first-order valence-corrected chi connectivity index (χ1v) is 7.45. The quantitative estimate of drug-likeness (QED) is 0.875. The van der Waals surface area contributed by atoms with Gasteiger partial charge in [0, 0.05) is 23.2 Å². The van der Waals surface area contributed by atoms with Gasteiger partial charge in [0.25, 0.3) is 0 Å². The number of hydrogen-bond donors (Lipinski definition) is 1. The largest absolute Gasteiger partial charge is 0.324 e. The van der Waals surface area contributed by atoms with E-state index >= 15 is 0 Å². The molecule has 4 nitrogen and oxygen atoms in total. The molecule has 0 aliphatic heterocycles. The summed E-state index contributed by atoms with van der Waals surface area (Å²) in [4.78, 5) is 25.1. The second kappa shape index (κ2) is 7.32. The van der Waals surface area contributed by atoms with Gasteiger partial charge in [-0.15, -0.1) is 0 Å². The summed E-state index contributed by atoms with van der Waals surface area (Å²) in [6, 6.07) is 10.0. The third-order valence-electron chi connectivity index (χ3n) is 3.03. The van der Waals surface area contributed by atoms with Crippen molar-refractivity contribution in [3.05, 3.63) is 58.6 Å². The second-order valence-electron chi connectivity index (χ2n) is 4.73. The molecule has 0 atom stereocenters. The Morgan fingerprint density at radius 1 is 1.13 bits per heavy atom. The zero-order chi connectivity index (χ0) is 17.0. The van der Waals surface area contributed by atoms with E-state index in [2.05, 4.69) is 21.2 Å². The van der Waals surface area contributed by atoms with Gasteiger partial charge in [-0.3, -0.25) is 9.59 Å². The molecular weight excluding hydrogens is 370 g/mol. The highest BCUT2D eigenvalue weighted by Crippen LogP contribution is 2.25. The van der Waals surface area contributed by atoms with Crippen LogP contribution in [0.5, 0.6) is 0 Å². The van der Waals surface area contributed by atoms with E-state index in [1.54, 1.807) is 24.3 Å². The van der Waals surface area contributed by atoms with Gasteiger partial charge < -0.3 is 10.2 Å². The van der Waals surface area contributed by atoms with Crippen LogP contribution in [-0.4, -0.2) is 18.4 Å². The smallest absolute Gasteiger partial charge is 0.244 e. The fourth-order valence-corrected chi connectivity index (χ4v) is 2.45. The Hall–Kier alpha value is -2.28. The third kappa shape index (κ3) is 4.35. The maximum absolute atomic E-state index is 13.1. The Bertz CT molecular complexity index is 753. The molecule has 0 aliphatic rings. The van der Waals surface area contributed by atoms with E-state index in [9.17, 15) is 18.4 Å². The minimum Gasteiger partial charge on any atom is -0.324 e. The zero-order valence-corrected chi connectivity index (χ0v) is 13.7. The van der Waals surface area contributed by atoms with Crippen LogP contribution in [0.1, 0.15) is 6.92 Å². The number of rotatable bonds is 4. The Kier molecular flexibility index (Phi) is 5.44. The molecule has 23 heavy (non-hydrogen) atoms. The molecule has 0 saturated heterocycles. The van der Waals surface area contributed by atoms with E-state index in [4.69, 9.17) is 0 Å². The number of halogens is 3. The van der Waals surface area contributed by atoms with Crippen molar-refractivity contribution in [2.24, 2.45) is 0 Å². The lowest BCUT2D eigenvalue weighted by Crippen LogP contribution is -2.36. The Morgan fingerprint density at radius 3 is 2.43 bits per heavy atom. The lowest BCUT2D eigenvalue weighted by atomic mass is 10.2. The number of carbonyl (C=O) groups is 2. The molecule has 0 unspecified atom stereocenters. The van der Waals surface area contributed by atoms with Gasteiger partial charge >= 0.3 is 0 Å². The predicted octanol–water partition coefficient (Wildman–Crippen LogP) is 3.72. The number of anilines is 2. The normalized spacial score (nSPS) is 10.3. The molecule has 0 heterocycles. The summed E-state index contributed by atoms with van der Waals surface area (Å²) in [5, 5.41) is 2.43. The molecular formula is C16H13BrF2N2O2. The van der Waals surface area contributed by atoms with Crippen LogP contribution >= 0.6 is 15.9 Å². The molecule has 0 bridgehead atoms. The van der Waals surface area contributed by atoms with Gasteiger partial charge in [0.2, 0.25) is 11.8 Å². The summed E-state index contributed by atoms with van der Waals surface area (Å²) in [5.41, 5.74) is 0.657. The fourth-order valence-electron chi connectivity index (χ4n) is 1.95. The fraction of sp³-hybridized carbons (Fsp3) is 0.125. The van der Waals surface area contributed by atoms with Crippen molar-refractivity contribution in [2.45, 2.75) is 6.92 Å². The highest BCUT2D eigenvalue weighted by Gasteiger charge is 2.18. The highest BCUT2D eigenvalue weighted by atomic mass is 79.9. The average Bonchev–Trinajstić information content (AvgIpc) is 2.49. The van der Waals surface area contributed by atoms with Crippen molar-refractivity contribution in [3.63, 3.8) is 0 Å². The lowest BCUT2D eigenvalue weighted by molar-refractivity contribution is -0.120. The van der Waals surface area contributed by atoms with Crippen molar-refractivity contribution >= 4 is 39.1 Å². The van der Waals surface area contributed by atoms with E-state index in [1.807, 2.05) is 0 Å². The number of benzene rings is 2. The number of nitrogens with zero attached hydrogens (tertiary/aromatic N) is 1. The van der Waals surface area contributed by atoms with Crippen LogP contribution in [0.2, 0.25) is 0 Å². The summed E-state index contributed by atoms with van der Waals surface area (Å²) in [5.74, 6) is -2.90. The van der Waals surface area contributed by atoms with Crippen LogP contribution < -0.4 is 10.2 Å². The van der Waals surface area contributed by atoms with Crippen LogP contribution in [0.3, 0.4) is 0 Å². The number of hydrogen-bond acceptors (Lipinski definition) is 2. The van der Waals surface area contributed by atoms with Crippen LogP contribution in [0.25, 0.3) is 0 Å². The summed E-state index contributed by atoms with van der Waals surface area (Å²) in [6.45, 7) is 1.08. The maximum atomic E-state index is 13.1. The molecule has 1 N–H and O–H groups in total. The van der Waals surface area contributed by atoms with Crippen LogP contribution in [0.4, 0.5) is 20.2 Å². The predicted molar refractivity (Wildman–Crippen MR) is 87.2 cm³/mol. The summed E-state index contributed by atoms with van der Waals surface area (Å²) in [7, 11) is 0. The van der Waals surface area contributed by atoms with E-state index < -0.39 is 17.5 Å². The first kappa shape index (κ1) is 17.1. The van der Waals surface area contributed by atoms with Gasteiger partial charge in [-0.1, -0.05) is 12.1 Å². The Morgan fingerprint density at radius 2 is 1.83 bits per heavy atom. The molecule has 0 spiro atoms. The topological polar surface area (TPSA) is 49.4 Å². The molecule has 0 aliphatic carbocycles. The number of carbonyl (C=O) groups excluding carboxylic acids is 2. The van der Waals surface area contributed by atoms with E-state index in [0.29, 0.717) is 10.2 Å². The molecule has 7 heteroatoms. The highest BCUT2D eigenvalue weighted by molar-refractivity contribution is 9.10. The minimum absolute atomic E-state index is 0.115. The summed E-state index contributed by atoms with van der Waals surface area (Å²) < 4.78 is 26.7. The summed E-state index contributed by atoms with van der Waals surface area (Å²) >= 11 is 3.32. The standard InChI is InChI=1S/C16H13BrF2N2O2/c1-10(22)21(15-5-3-2-4-12(15)17)9-16(23)20-11-6-7-13(18)14(19)8-11/h2-8H,9H2,1H3,(H,20,23). The number of para-hydroxylation sites is 1. The van der Waals surface area contributed by atoms with Crippen LogP contribution in [0.15, 0.2) is 46.9 Å². The Labute approximate surface area is 140 Å². The Balaban J connectivity index is 2.14. The molecule has 2 amide bonds. The van der Waals surface area contributed by atoms with E-state index in [0.717, 1.165) is 12.1 Å². The first-order chi connectivity index (χ1) is 10.9. The van der Waals surface area contributed by atoms with Gasteiger partial charge in [-0.2, -0.15) is 0 Å². The molecule has 0 fully saturated rings. The van der Waals surface area contributed by atoms with Gasteiger partial charge in [0.15, 0.2) is 11.6 Å². The monoisotopic (exact) mass is 382 g/mol. The van der Waals surface area contributed by atoms with Gasteiger partial charge in [-0.25, -0.2) is 8.78 Å². The molecule has 0 saturated carbocycles. The van der Waals surface area contributed by atoms with Gasteiger partial charge in [-0.05, 0) is 40.2 Å². The van der Waals surface area contributed by atoms with E-state index in [-0.39, 0.29) is 18.1 Å². The lowest BCUT2D eigenvalue weighted by Gasteiger charge is -2.22. The second-order valence-corrected chi connectivity index (χ2v) is 5.59. The van der Waals surface area contributed by atoms with Crippen LogP contribution in [-0.2, 0) is 9.59 Å². The molecule has 2 aromatic rings.